The highest BCUT2D eigenvalue weighted by molar-refractivity contribution is 6.18. The van der Waals surface area contributed by atoms with Gasteiger partial charge in [0.1, 0.15) is 0 Å². The molecule has 4 heterocycles. The summed E-state index contributed by atoms with van der Waals surface area (Å²) in [4.78, 5) is 21.1. The second-order valence-corrected chi connectivity index (χ2v) is 13.9. The van der Waals surface area contributed by atoms with Gasteiger partial charge in [0.05, 0.1) is 44.8 Å². The van der Waals surface area contributed by atoms with Crippen molar-refractivity contribution in [1.29, 1.82) is 0 Å². The Morgan fingerprint density at radius 3 is 1.33 bits per heavy atom. The van der Waals surface area contributed by atoms with Gasteiger partial charge in [-0.3, -0.25) is 9.13 Å². The lowest BCUT2D eigenvalue weighted by Crippen LogP contribution is -2.05. The first-order valence-electron chi connectivity index (χ1n) is 19.1. The average Bonchev–Trinajstić information content (AvgIpc) is 3.78. The van der Waals surface area contributed by atoms with Crippen molar-refractivity contribution in [3.8, 4) is 45.7 Å². The van der Waals surface area contributed by atoms with Crippen LogP contribution in [0.3, 0.4) is 0 Å². The van der Waals surface area contributed by atoms with Gasteiger partial charge in [-0.25, -0.2) is 19.9 Å². The van der Waals surface area contributed by atoms with Crippen molar-refractivity contribution in [2.45, 2.75) is 6.92 Å². The van der Waals surface area contributed by atoms with Crippen LogP contribution in [0, 0.1) is 0 Å². The molecule has 6 aromatic carbocycles. The maximum absolute atomic E-state index is 5.27. The first kappa shape index (κ1) is 33.8. The van der Waals surface area contributed by atoms with E-state index < -0.39 is 0 Å². The van der Waals surface area contributed by atoms with E-state index in [-0.39, 0.29) is 0 Å². The molecule has 0 saturated heterocycles. The van der Waals surface area contributed by atoms with Gasteiger partial charge in [-0.05, 0) is 48.9 Å². The Labute approximate surface area is 330 Å². The average molecular weight is 733 g/mol. The molecule has 0 spiro atoms. The molecule has 6 heteroatoms. The van der Waals surface area contributed by atoms with E-state index in [4.69, 9.17) is 19.9 Å². The lowest BCUT2D eigenvalue weighted by Gasteiger charge is -2.12. The minimum atomic E-state index is 0.584. The predicted molar refractivity (Wildman–Crippen MR) is 236 cm³/mol. The predicted octanol–water partition coefficient (Wildman–Crippen LogP) is 12.6. The van der Waals surface area contributed by atoms with Crippen molar-refractivity contribution < 1.29 is 0 Å². The number of hydrogen-bond donors (Lipinski definition) is 0. The van der Waals surface area contributed by atoms with Crippen molar-refractivity contribution in [3.05, 3.63) is 200 Å². The van der Waals surface area contributed by atoms with Gasteiger partial charge in [0.25, 0.3) is 0 Å². The maximum atomic E-state index is 5.27. The molecule has 0 bridgehead atoms. The molecule has 57 heavy (non-hydrogen) atoms. The SMILES string of the molecule is C=C/C(=C\C=C/C)c1cc(-c2ccccc2)nc(-n2c3ccccc3c3cc4c(cc32)c2ccccc2n4-c2nc(-c3ccccc3)cc(-c3ccccc3)n2)n1. The molecule has 6 nitrogen and oxygen atoms in total. The topological polar surface area (TPSA) is 61.4 Å². The van der Waals surface area contributed by atoms with Crippen molar-refractivity contribution in [2.24, 2.45) is 0 Å². The monoisotopic (exact) mass is 732 g/mol. The molecule has 0 unspecified atom stereocenters. The summed E-state index contributed by atoms with van der Waals surface area (Å²) in [5.41, 5.74) is 11.4. The zero-order valence-electron chi connectivity index (χ0n) is 31.3. The van der Waals surface area contributed by atoms with Gasteiger partial charge < -0.3 is 0 Å². The number of allylic oxidation sites excluding steroid dienone is 5. The number of rotatable bonds is 8. The highest BCUT2D eigenvalue weighted by Crippen LogP contribution is 2.40. The largest absolute Gasteiger partial charge is 0.278 e. The van der Waals surface area contributed by atoms with Crippen molar-refractivity contribution in [1.82, 2.24) is 29.1 Å². The van der Waals surface area contributed by atoms with E-state index in [1.165, 1.54) is 0 Å². The minimum Gasteiger partial charge on any atom is -0.278 e. The third-order valence-electron chi connectivity index (χ3n) is 10.5. The summed E-state index contributed by atoms with van der Waals surface area (Å²) in [5.74, 6) is 1.19. The van der Waals surface area contributed by atoms with Crippen LogP contribution in [-0.4, -0.2) is 29.1 Å². The van der Waals surface area contributed by atoms with E-state index >= 15 is 0 Å². The molecule has 0 aliphatic heterocycles. The zero-order valence-corrected chi connectivity index (χ0v) is 31.3. The Hall–Kier alpha value is -7.70. The van der Waals surface area contributed by atoms with Gasteiger partial charge in [0.15, 0.2) is 0 Å². The van der Waals surface area contributed by atoms with Crippen LogP contribution in [0.1, 0.15) is 12.6 Å². The fourth-order valence-corrected chi connectivity index (χ4v) is 7.81. The Morgan fingerprint density at radius 1 is 0.456 bits per heavy atom. The molecule has 4 aromatic heterocycles. The van der Waals surface area contributed by atoms with Crippen LogP contribution in [0.2, 0.25) is 0 Å². The molecule has 10 rings (SSSR count). The first-order valence-corrected chi connectivity index (χ1v) is 19.1. The van der Waals surface area contributed by atoms with Crippen molar-refractivity contribution >= 4 is 49.2 Å². The molecule has 0 saturated carbocycles. The Morgan fingerprint density at radius 2 is 0.877 bits per heavy atom. The standard InChI is InChI=1S/C51H36N6/c1-3-5-19-34(4-2)42-32-43(35-20-9-6-10-21-35)53-50(52-42)56-46-28-17-15-26-38(46)40-31-49-41(30-48(40)56)39-27-16-18-29-47(39)57(49)51-54-44(36-22-11-7-12-23-36)33-45(55-51)37-24-13-8-14-25-37/h3-33H,2H2,1H3/b5-3-,34-19+. The van der Waals surface area contributed by atoms with Gasteiger partial charge >= 0.3 is 0 Å². The lowest BCUT2D eigenvalue weighted by atomic mass is 10.1. The molecular weight excluding hydrogens is 697 g/mol. The second kappa shape index (κ2) is 14.2. The highest BCUT2D eigenvalue weighted by Gasteiger charge is 2.22. The molecule has 0 amide bonds. The van der Waals surface area contributed by atoms with E-state index in [0.29, 0.717) is 11.9 Å². The summed E-state index contributed by atoms with van der Waals surface area (Å²) in [6.45, 7) is 6.14. The summed E-state index contributed by atoms with van der Waals surface area (Å²) in [7, 11) is 0. The molecule has 270 valence electrons. The quantitative estimate of drug-likeness (QED) is 0.146. The Balaban J connectivity index is 1.28. The smallest absolute Gasteiger partial charge is 0.235 e. The number of benzene rings is 6. The molecule has 0 aliphatic rings. The van der Waals surface area contributed by atoms with Gasteiger partial charge in [-0.2, -0.15) is 0 Å². The van der Waals surface area contributed by atoms with Crippen LogP contribution < -0.4 is 0 Å². The van der Waals surface area contributed by atoms with Crippen molar-refractivity contribution in [3.63, 3.8) is 0 Å². The number of hydrogen-bond acceptors (Lipinski definition) is 4. The minimum absolute atomic E-state index is 0.584. The fraction of sp³-hybridized carbons (Fsp3) is 0.0196. The van der Waals surface area contributed by atoms with Crippen LogP contribution in [-0.2, 0) is 0 Å². The van der Waals surface area contributed by atoms with Gasteiger partial charge in [0.2, 0.25) is 11.9 Å². The second-order valence-electron chi connectivity index (χ2n) is 13.9. The molecule has 0 radical (unpaired) electrons. The highest BCUT2D eigenvalue weighted by atomic mass is 15.2. The van der Waals surface area contributed by atoms with Crippen LogP contribution in [0.5, 0.6) is 0 Å². The summed E-state index contributed by atoms with van der Waals surface area (Å²) < 4.78 is 4.41. The third-order valence-corrected chi connectivity index (χ3v) is 10.5. The molecule has 10 aromatic rings. The van der Waals surface area contributed by atoms with Crippen LogP contribution in [0.25, 0.3) is 94.9 Å². The zero-order chi connectivity index (χ0) is 38.3. The van der Waals surface area contributed by atoms with E-state index in [1.54, 1.807) is 0 Å². The summed E-state index contributed by atoms with van der Waals surface area (Å²) in [6.07, 6.45) is 7.90. The van der Waals surface area contributed by atoms with Gasteiger partial charge in [-0.15, -0.1) is 0 Å². The normalized spacial score (nSPS) is 12.1. The Bertz CT molecular complexity index is 3130. The molecule has 0 N–H and O–H groups in total. The first-order chi connectivity index (χ1) is 28.2. The van der Waals surface area contributed by atoms with Crippen LogP contribution >= 0.6 is 0 Å². The van der Waals surface area contributed by atoms with E-state index in [0.717, 1.165) is 88.7 Å². The fourth-order valence-electron chi connectivity index (χ4n) is 7.81. The van der Waals surface area contributed by atoms with E-state index in [2.05, 4.69) is 119 Å². The summed E-state index contributed by atoms with van der Waals surface area (Å²) >= 11 is 0. The van der Waals surface area contributed by atoms with E-state index in [1.807, 2.05) is 91.9 Å². The summed E-state index contributed by atoms with van der Waals surface area (Å²) in [6, 6.07) is 56.6. The lowest BCUT2D eigenvalue weighted by molar-refractivity contribution is 0.983. The maximum Gasteiger partial charge on any atom is 0.235 e. The van der Waals surface area contributed by atoms with Gasteiger partial charge in [0, 0.05) is 38.2 Å². The Kier molecular flexibility index (Phi) is 8.42. The number of para-hydroxylation sites is 2. The number of nitrogens with zero attached hydrogens (tertiary/aromatic N) is 6. The van der Waals surface area contributed by atoms with Crippen molar-refractivity contribution in [2.75, 3.05) is 0 Å². The molecule has 0 aliphatic carbocycles. The molecular formula is C51H36N6. The van der Waals surface area contributed by atoms with Crippen LogP contribution in [0.4, 0.5) is 0 Å². The molecule has 0 fully saturated rings. The van der Waals surface area contributed by atoms with E-state index in [9.17, 15) is 0 Å². The van der Waals surface area contributed by atoms with Gasteiger partial charge in [-0.1, -0.05) is 158 Å². The number of aromatic nitrogens is 6. The third kappa shape index (κ3) is 5.92. The number of fused-ring (bicyclic) bond motifs is 6. The molecule has 0 atom stereocenters. The van der Waals surface area contributed by atoms with Crippen LogP contribution in [0.15, 0.2) is 195 Å². The summed E-state index contributed by atoms with van der Waals surface area (Å²) in [5, 5.41) is 4.35.